The number of amides is 1. The third-order valence-electron chi connectivity index (χ3n) is 5.47. The maximum absolute atomic E-state index is 12.8. The van der Waals surface area contributed by atoms with Crippen LogP contribution in [0, 0.1) is 5.92 Å². The molecule has 2 heterocycles. The van der Waals surface area contributed by atoms with Crippen LogP contribution in [0.3, 0.4) is 0 Å². The maximum atomic E-state index is 12.8. The lowest BCUT2D eigenvalue weighted by Gasteiger charge is -2.17. The second kappa shape index (κ2) is 8.92. The molecule has 0 fully saturated rings. The molecule has 2 unspecified atom stereocenters. The van der Waals surface area contributed by atoms with Crippen molar-refractivity contribution in [1.29, 1.82) is 0 Å². The van der Waals surface area contributed by atoms with E-state index >= 15 is 0 Å². The van der Waals surface area contributed by atoms with Gasteiger partial charge in [0.2, 0.25) is 5.91 Å². The number of aryl methyl sites for hydroxylation is 1. The van der Waals surface area contributed by atoms with Gasteiger partial charge in [-0.15, -0.1) is 11.3 Å². The lowest BCUT2D eigenvalue weighted by Crippen LogP contribution is -2.23. The Morgan fingerprint density at radius 1 is 1.35 bits per heavy atom. The van der Waals surface area contributed by atoms with Gasteiger partial charge in [0.05, 0.1) is 30.5 Å². The summed E-state index contributed by atoms with van der Waals surface area (Å²) in [6, 6.07) is 5.20. The molecular weight excluding hydrogens is 434 g/mol. The molecule has 0 spiro atoms. The summed E-state index contributed by atoms with van der Waals surface area (Å²) in [6.45, 7) is 4.02. The Balaban J connectivity index is 1.54. The zero-order valence-electron chi connectivity index (χ0n) is 17.9. The van der Waals surface area contributed by atoms with E-state index in [0.29, 0.717) is 28.3 Å². The van der Waals surface area contributed by atoms with Crippen molar-refractivity contribution in [2.24, 2.45) is 5.92 Å². The van der Waals surface area contributed by atoms with Gasteiger partial charge in [0.1, 0.15) is 16.3 Å². The van der Waals surface area contributed by atoms with E-state index in [0.717, 1.165) is 35.0 Å². The van der Waals surface area contributed by atoms with Gasteiger partial charge in [-0.3, -0.25) is 9.59 Å². The van der Waals surface area contributed by atoms with E-state index in [1.54, 1.807) is 50.7 Å². The molecule has 2 atom stereocenters. The van der Waals surface area contributed by atoms with Crippen molar-refractivity contribution in [3.63, 3.8) is 0 Å². The Kier molecular flexibility index (Phi) is 6.24. The molecule has 2 N–H and O–H groups in total. The smallest absolute Gasteiger partial charge is 0.260 e. The van der Waals surface area contributed by atoms with Gasteiger partial charge >= 0.3 is 0 Å². The molecule has 31 heavy (non-hydrogen) atoms. The van der Waals surface area contributed by atoms with Gasteiger partial charge in [0, 0.05) is 10.9 Å². The first kappa shape index (κ1) is 21.7. The highest BCUT2D eigenvalue weighted by Gasteiger charge is 2.24. The number of hydrogen-bond acceptors (Lipinski definition) is 7. The number of nitrogens with one attached hydrogen (secondary N) is 2. The Morgan fingerprint density at radius 3 is 2.90 bits per heavy atom. The summed E-state index contributed by atoms with van der Waals surface area (Å²) in [5.74, 6) is 1.56. The highest BCUT2D eigenvalue weighted by Crippen LogP contribution is 2.36. The second-order valence-electron chi connectivity index (χ2n) is 7.72. The predicted molar refractivity (Wildman–Crippen MR) is 125 cm³/mol. The van der Waals surface area contributed by atoms with Gasteiger partial charge in [0.15, 0.2) is 5.16 Å². The Hall–Kier alpha value is -2.52. The minimum absolute atomic E-state index is 0.123. The number of aromatic nitrogens is 2. The van der Waals surface area contributed by atoms with Crippen LogP contribution in [0.25, 0.3) is 10.2 Å². The molecule has 0 saturated carbocycles. The van der Waals surface area contributed by atoms with Crippen molar-refractivity contribution >= 4 is 44.9 Å². The normalized spacial score (nSPS) is 16.6. The Labute approximate surface area is 188 Å². The van der Waals surface area contributed by atoms with Gasteiger partial charge in [0.25, 0.3) is 5.56 Å². The number of anilines is 1. The van der Waals surface area contributed by atoms with E-state index in [-0.39, 0.29) is 11.5 Å². The van der Waals surface area contributed by atoms with Crippen molar-refractivity contribution in [3.05, 3.63) is 39.0 Å². The van der Waals surface area contributed by atoms with Crippen LogP contribution in [0.1, 0.15) is 30.7 Å². The fraction of sp³-hybridized carbons (Fsp3) is 0.409. The number of thiophene rings is 1. The van der Waals surface area contributed by atoms with Gasteiger partial charge in [-0.05, 0) is 49.8 Å². The van der Waals surface area contributed by atoms with Crippen LogP contribution in [-0.4, -0.2) is 35.3 Å². The van der Waals surface area contributed by atoms with E-state index in [4.69, 9.17) is 9.47 Å². The number of carbonyl (C=O) groups is 1. The molecule has 0 aliphatic heterocycles. The minimum Gasteiger partial charge on any atom is -0.497 e. The van der Waals surface area contributed by atoms with Crippen LogP contribution in [0.4, 0.5) is 5.69 Å². The molecule has 1 aliphatic carbocycles. The highest BCUT2D eigenvalue weighted by atomic mass is 32.2. The molecule has 3 aromatic rings. The minimum atomic E-state index is -0.480. The fourth-order valence-electron chi connectivity index (χ4n) is 3.75. The molecule has 7 nitrogen and oxygen atoms in total. The third-order valence-corrected chi connectivity index (χ3v) is 7.60. The van der Waals surface area contributed by atoms with Crippen LogP contribution in [0.2, 0.25) is 0 Å². The van der Waals surface area contributed by atoms with Crippen LogP contribution in [0.5, 0.6) is 11.5 Å². The lowest BCUT2D eigenvalue weighted by atomic mass is 9.89. The summed E-state index contributed by atoms with van der Waals surface area (Å²) in [5, 5.41) is 3.56. The number of fused-ring (bicyclic) bond motifs is 3. The number of methoxy groups -OCH3 is 2. The number of aromatic amines is 1. The van der Waals surface area contributed by atoms with Gasteiger partial charge in [-0.25, -0.2) is 4.98 Å². The molecule has 1 aromatic carbocycles. The molecule has 1 aliphatic rings. The predicted octanol–water partition coefficient (Wildman–Crippen LogP) is 4.25. The molecule has 0 saturated heterocycles. The average Bonchev–Trinajstić information content (AvgIpc) is 3.11. The quantitative estimate of drug-likeness (QED) is 0.423. The summed E-state index contributed by atoms with van der Waals surface area (Å²) in [4.78, 5) is 35.1. The SMILES string of the molecule is COc1ccc(OC)c(NC(=O)C(C)Sc2nc3sc4c(c3c(=O)[nH]2)CCC(C)C4)c1. The number of benzene rings is 1. The zero-order chi connectivity index (χ0) is 22.1. The largest absolute Gasteiger partial charge is 0.497 e. The summed E-state index contributed by atoms with van der Waals surface area (Å²) >= 11 is 2.83. The van der Waals surface area contributed by atoms with Crippen LogP contribution < -0.4 is 20.3 Å². The first-order valence-corrected chi connectivity index (χ1v) is 11.8. The summed E-state index contributed by atoms with van der Waals surface area (Å²) in [5.41, 5.74) is 1.55. The van der Waals surface area contributed by atoms with Crippen LogP contribution in [0.15, 0.2) is 28.2 Å². The lowest BCUT2D eigenvalue weighted by molar-refractivity contribution is -0.115. The van der Waals surface area contributed by atoms with Crippen LogP contribution >= 0.6 is 23.1 Å². The van der Waals surface area contributed by atoms with E-state index < -0.39 is 5.25 Å². The summed E-state index contributed by atoms with van der Waals surface area (Å²) in [7, 11) is 3.11. The molecule has 4 rings (SSSR count). The van der Waals surface area contributed by atoms with E-state index in [9.17, 15) is 9.59 Å². The molecule has 0 radical (unpaired) electrons. The Bertz CT molecular complexity index is 1190. The average molecular weight is 460 g/mol. The fourth-order valence-corrected chi connectivity index (χ4v) is 5.99. The highest BCUT2D eigenvalue weighted by molar-refractivity contribution is 8.00. The van der Waals surface area contributed by atoms with Gasteiger partial charge in [-0.2, -0.15) is 0 Å². The second-order valence-corrected chi connectivity index (χ2v) is 10.1. The molecule has 1 amide bonds. The standard InChI is InChI=1S/C22H25N3O4S2/c1-11-5-7-14-17(9-11)31-21-18(14)20(27)24-22(25-21)30-12(2)19(26)23-15-10-13(28-3)6-8-16(15)29-4/h6,8,10-12H,5,7,9H2,1-4H3,(H,23,26)(H,24,25,27). The molecule has 164 valence electrons. The van der Waals surface area contributed by atoms with Crippen molar-refractivity contribution < 1.29 is 14.3 Å². The van der Waals surface area contributed by atoms with Crippen molar-refractivity contribution in [2.75, 3.05) is 19.5 Å². The Morgan fingerprint density at radius 2 is 2.16 bits per heavy atom. The summed E-state index contributed by atoms with van der Waals surface area (Å²) < 4.78 is 10.5. The zero-order valence-corrected chi connectivity index (χ0v) is 19.5. The molecule has 2 aromatic heterocycles. The first-order chi connectivity index (χ1) is 14.9. The number of carbonyl (C=O) groups excluding carboxylic acids is 1. The monoisotopic (exact) mass is 459 g/mol. The van der Waals surface area contributed by atoms with E-state index in [2.05, 4.69) is 22.2 Å². The number of hydrogen-bond donors (Lipinski definition) is 2. The maximum Gasteiger partial charge on any atom is 0.260 e. The molecule has 0 bridgehead atoms. The molecular formula is C22H25N3O4S2. The van der Waals surface area contributed by atoms with Crippen molar-refractivity contribution in [2.45, 2.75) is 43.5 Å². The van der Waals surface area contributed by atoms with E-state index in [1.165, 1.54) is 16.6 Å². The van der Waals surface area contributed by atoms with E-state index in [1.807, 2.05) is 0 Å². The van der Waals surface area contributed by atoms with Crippen molar-refractivity contribution in [3.8, 4) is 11.5 Å². The number of rotatable bonds is 6. The summed E-state index contributed by atoms with van der Waals surface area (Å²) in [6.07, 6.45) is 3.02. The van der Waals surface area contributed by atoms with Gasteiger partial charge < -0.3 is 19.8 Å². The number of ether oxygens (including phenoxy) is 2. The number of H-pyrrole nitrogens is 1. The molecule has 9 heteroatoms. The first-order valence-electron chi connectivity index (χ1n) is 10.1. The number of nitrogens with zero attached hydrogens (tertiary/aromatic N) is 1. The third kappa shape index (κ3) is 4.43. The van der Waals surface area contributed by atoms with Crippen molar-refractivity contribution in [1.82, 2.24) is 9.97 Å². The van der Waals surface area contributed by atoms with Gasteiger partial charge in [-0.1, -0.05) is 18.7 Å². The number of thioether (sulfide) groups is 1. The topological polar surface area (TPSA) is 93.3 Å². The van der Waals surface area contributed by atoms with Crippen LogP contribution in [-0.2, 0) is 17.6 Å².